The molecular weight excluding hydrogens is 337 g/mol. The fourth-order valence-electron chi connectivity index (χ4n) is 2.02. The topological polar surface area (TPSA) is 62.8 Å². The fraction of sp³-hybridized carbons (Fsp3) is 0. The monoisotopic (exact) mass is 351 g/mol. The van der Waals surface area contributed by atoms with Crippen molar-refractivity contribution in [1.29, 1.82) is 5.41 Å². The zero-order chi connectivity index (χ0) is 13.9. The SMILES string of the molecule is Cl.Cl.N=C(N)c1cc2c(/C=C/c3cccnc3)cccc2s1. The molecule has 1 aromatic carbocycles. The minimum absolute atomic E-state index is 0. The van der Waals surface area contributed by atoms with Crippen LogP contribution in [0.2, 0.25) is 0 Å². The van der Waals surface area contributed by atoms with Crippen molar-refractivity contribution in [3.63, 3.8) is 0 Å². The average molecular weight is 352 g/mol. The number of halogens is 2. The Kier molecular flexibility index (Phi) is 6.56. The van der Waals surface area contributed by atoms with Crippen LogP contribution < -0.4 is 5.73 Å². The van der Waals surface area contributed by atoms with Gasteiger partial charge in [0.2, 0.25) is 0 Å². The van der Waals surface area contributed by atoms with Crippen molar-refractivity contribution < 1.29 is 0 Å². The van der Waals surface area contributed by atoms with Crippen LogP contribution in [0.15, 0.2) is 48.8 Å². The standard InChI is InChI=1S/C16H13N3S.2ClH/c17-16(18)15-9-13-12(4-1-5-14(13)20-15)7-6-11-3-2-8-19-10-11;;/h1-10H,(H3,17,18);2*1H/b7-6+;;. The molecule has 6 heteroatoms. The number of hydrogen-bond acceptors (Lipinski definition) is 3. The Hall–Kier alpha value is -1.88. The number of rotatable bonds is 3. The Morgan fingerprint density at radius 3 is 2.64 bits per heavy atom. The van der Waals surface area contributed by atoms with E-state index in [1.54, 1.807) is 17.5 Å². The van der Waals surface area contributed by atoms with Crippen molar-refractivity contribution >= 4 is 64.2 Å². The summed E-state index contributed by atoms with van der Waals surface area (Å²) in [6, 6.07) is 12.0. The van der Waals surface area contributed by atoms with Crippen LogP contribution in [0, 0.1) is 5.41 Å². The van der Waals surface area contributed by atoms with E-state index in [0.29, 0.717) is 0 Å². The first kappa shape index (κ1) is 18.2. The largest absolute Gasteiger partial charge is 0.383 e. The normalized spacial score (nSPS) is 10.2. The first-order valence-corrected chi connectivity index (χ1v) is 7.01. The molecule has 0 spiro atoms. The Morgan fingerprint density at radius 1 is 1.14 bits per heavy atom. The van der Waals surface area contributed by atoms with Crippen LogP contribution in [0.1, 0.15) is 16.0 Å². The summed E-state index contributed by atoms with van der Waals surface area (Å²) >= 11 is 1.55. The maximum Gasteiger partial charge on any atom is 0.133 e. The van der Waals surface area contributed by atoms with Gasteiger partial charge in [0, 0.05) is 22.5 Å². The lowest BCUT2D eigenvalue weighted by Crippen LogP contribution is -2.08. The highest BCUT2D eigenvalue weighted by Crippen LogP contribution is 2.29. The maximum atomic E-state index is 7.54. The lowest BCUT2D eigenvalue weighted by Gasteiger charge is -1.96. The van der Waals surface area contributed by atoms with Crippen molar-refractivity contribution in [2.45, 2.75) is 0 Å². The fourth-order valence-corrected chi connectivity index (χ4v) is 2.98. The van der Waals surface area contributed by atoms with Crippen LogP contribution in [-0.4, -0.2) is 10.8 Å². The van der Waals surface area contributed by atoms with Gasteiger partial charge in [-0.2, -0.15) is 0 Å². The molecule has 3 rings (SSSR count). The van der Waals surface area contributed by atoms with Crippen molar-refractivity contribution in [2.75, 3.05) is 0 Å². The quantitative estimate of drug-likeness (QED) is 0.535. The molecule has 2 aromatic heterocycles. The zero-order valence-electron chi connectivity index (χ0n) is 11.5. The molecule has 0 aliphatic carbocycles. The lowest BCUT2D eigenvalue weighted by atomic mass is 10.1. The predicted octanol–water partition coefficient (Wildman–Crippen LogP) is 4.59. The van der Waals surface area contributed by atoms with Gasteiger partial charge in [-0.05, 0) is 29.3 Å². The van der Waals surface area contributed by atoms with E-state index in [9.17, 15) is 0 Å². The Balaban J connectivity index is 0.00000121. The third-order valence-electron chi connectivity index (χ3n) is 3.00. The van der Waals surface area contributed by atoms with Crippen LogP contribution in [0.5, 0.6) is 0 Å². The predicted molar refractivity (Wildman–Crippen MR) is 101 cm³/mol. The first-order chi connectivity index (χ1) is 9.74. The number of nitrogens with zero attached hydrogens (tertiary/aromatic N) is 1. The average Bonchev–Trinajstić information content (AvgIpc) is 2.91. The number of amidine groups is 1. The van der Waals surface area contributed by atoms with Gasteiger partial charge in [0.05, 0.1) is 4.88 Å². The van der Waals surface area contributed by atoms with Gasteiger partial charge in [0.25, 0.3) is 0 Å². The maximum absolute atomic E-state index is 7.54. The molecule has 0 bridgehead atoms. The van der Waals surface area contributed by atoms with Crippen LogP contribution in [0.25, 0.3) is 22.2 Å². The number of benzene rings is 1. The first-order valence-electron chi connectivity index (χ1n) is 6.19. The second-order valence-electron chi connectivity index (χ2n) is 4.40. The number of pyridine rings is 1. The van der Waals surface area contributed by atoms with Gasteiger partial charge in [0.15, 0.2) is 0 Å². The molecule has 0 aliphatic rings. The summed E-state index contributed by atoms with van der Waals surface area (Å²) in [4.78, 5) is 4.90. The van der Waals surface area contributed by atoms with Gasteiger partial charge in [-0.3, -0.25) is 10.4 Å². The van der Waals surface area contributed by atoms with E-state index in [1.807, 2.05) is 42.6 Å². The molecule has 3 aromatic rings. The summed E-state index contributed by atoms with van der Waals surface area (Å²) < 4.78 is 1.14. The van der Waals surface area contributed by atoms with E-state index in [1.165, 1.54) is 0 Å². The highest BCUT2D eigenvalue weighted by molar-refractivity contribution is 7.20. The van der Waals surface area contributed by atoms with Gasteiger partial charge in [-0.25, -0.2) is 0 Å². The number of fused-ring (bicyclic) bond motifs is 1. The molecule has 2 heterocycles. The number of aromatic nitrogens is 1. The van der Waals surface area contributed by atoms with Gasteiger partial charge in [-0.1, -0.05) is 30.4 Å². The molecule has 0 radical (unpaired) electrons. The third-order valence-corrected chi connectivity index (χ3v) is 4.13. The Morgan fingerprint density at radius 2 is 1.95 bits per heavy atom. The van der Waals surface area contributed by atoms with Gasteiger partial charge in [-0.15, -0.1) is 36.2 Å². The second kappa shape index (κ2) is 7.94. The van der Waals surface area contributed by atoms with Crippen LogP contribution >= 0.6 is 36.2 Å². The summed E-state index contributed by atoms with van der Waals surface area (Å²) in [7, 11) is 0. The van der Waals surface area contributed by atoms with Crippen LogP contribution in [0.4, 0.5) is 0 Å². The number of nitrogen functional groups attached to an aromatic ring is 1. The van der Waals surface area contributed by atoms with Gasteiger partial charge < -0.3 is 5.73 Å². The van der Waals surface area contributed by atoms with Gasteiger partial charge in [0.1, 0.15) is 5.84 Å². The molecule has 0 atom stereocenters. The van der Waals surface area contributed by atoms with E-state index in [-0.39, 0.29) is 30.6 Å². The Labute approximate surface area is 145 Å². The lowest BCUT2D eigenvalue weighted by molar-refractivity contribution is 1.32. The van der Waals surface area contributed by atoms with E-state index in [4.69, 9.17) is 11.1 Å². The second-order valence-corrected chi connectivity index (χ2v) is 5.49. The van der Waals surface area contributed by atoms with E-state index >= 15 is 0 Å². The van der Waals surface area contributed by atoms with Crippen molar-refractivity contribution in [3.8, 4) is 0 Å². The minimum atomic E-state index is 0. The molecule has 0 saturated carbocycles. The molecule has 0 aliphatic heterocycles. The molecule has 0 saturated heterocycles. The molecule has 0 amide bonds. The van der Waals surface area contributed by atoms with E-state index in [2.05, 4.69) is 17.1 Å². The summed E-state index contributed by atoms with van der Waals surface area (Å²) in [6.07, 6.45) is 7.68. The van der Waals surface area contributed by atoms with Gasteiger partial charge >= 0.3 is 0 Å². The molecule has 0 unspecified atom stereocenters. The number of nitrogens with two attached hydrogens (primary N) is 1. The summed E-state index contributed by atoms with van der Waals surface area (Å²) in [5, 5.41) is 8.66. The summed E-state index contributed by atoms with van der Waals surface area (Å²) in [5.41, 5.74) is 7.74. The van der Waals surface area contributed by atoms with Crippen molar-refractivity contribution in [3.05, 3.63) is 64.8 Å². The van der Waals surface area contributed by atoms with Crippen LogP contribution in [0.3, 0.4) is 0 Å². The minimum Gasteiger partial charge on any atom is -0.383 e. The smallest absolute Gasteiger partial charge is 0.133 e. The number of thiophene rings is 1. The van der Waals surface area contributed by atoms with Crippen molar-refractivity contribution in [1.82, 2.24) is 4.98 Å². The molecule has 3 nitrogen and oxygen atoms in total. The third kappa shape index (κ3) is 3.85. The highest BCUT2D eigenvalue weighted by atomic mass is 35.5. The van der Waals surface area contributed by atoms with Crippen molar-refractivity contribution in [2.24, 2.45) is 5.73 Å². The summed E-state index contributed by atoms with van der Waals surface area (Å²) in [5.74, 6) is 0.119. The summed E-state index contributed by atoms with van der Waals surface area (Å²) in [6.45, 7) is 0. The number of hydrogen-bond donors (Lipinski definition) is 2. The Bertz CT molecular complexity index is 798. The highest BCUT2D eigenvalue weighted by Gasteiger charge is 2.06. The zero-order valence-corrected chi connectivity index (χ0v) is 14.0. The molecular formula is C16H15Cl2N3S. The molecule has 114 valence electrons. The van der Waals surface area contributed by atoms with E-state index < -0.39 is 0 Å². The van der Waals surface area contributed by atoms with E-state index in [0.717, 1.165) is 26.1 Å². The molecule has 3 N–H and O–H groups in total. The molecule has 22 heavy (non-hydrogen) atoms. The number of nitrogens with one attached hydrogen (secondary N) is 1. The van der Waals surface area contributed by atoms with Crippen LogP contribution in [-0.2, 0) is 0 Å². The molecule has 0 fully saturated rings.